The number of ether oxygens (including phenoxy) is 1. The lowest BCUT2D eigenvalue weighted by molar-refractivity contribution is 0.0955. The first-order chi connectivity index (χ1) is 12.4. The number of carbonyl (C=O) groups is 2. The number of methoxy groups -OCH3 is 1. The summed E-state index contributed by atoms with van der Waals surface area (Å²) in [6.45, 7) is 0.523. The van der Waals surface area contributed by atoms with E-state index in [1.165, 1.54) is 19.2 Å². The maximum absolute atomic E-state index is 13.2. The number of carbonyl (C=O) groups excluding carboxylic acids is 2. The number of nitrogens with one attached hydrogen (secondary N) is 3. The molecule has 0 fully saturated rings. The Balaban J connectivity index is 2.20. The van der Waals surface area contributed by atoms with Gasteiger partial charge in [-0.1, -0.05) is 0 Å². The Labute approximate surface area is 148 Å². The third kappa shape index (κ3) is 5.15. The van der Waals surface area contributed by atoms with E-state index in [2.05, 4.69) is 16.0 Å². The van der Waals surface area contributed by atoms with Crippen LogP contribution in [0, 0.1) is 11.6 Å². The smallest absolute Gasteiger partial charge is 0.323 e. The second-order valence-corrected chi connectivity index (χ2v) is 5.19. The first-order valence-corrected chi connectivity index (χ1v) is 7.63. The minimum atomic E-state index is -0.830. The van der Waals surface area contributed by atoms with Crippen molar-refractivity contribution in [3.05, 3.63) is 53.6 Å². The summed E-state index contributed by atoms with van der Waals surface area (Å²) in [7, 11) is 1.43. The monoisotopic (exact) mass is 364 g/mol. The zero-order valence-electron chi connectivity index (χ0n) is 13.9. The van der Waals surface area contributed by atoms with Crippen LogP contribution in [0.2, 0.25) is 0 Å². The van der Waals surface area contributed by atoms with Gasteiger partial charge in [0.25, 0.3) is 5.91 Å². The van der Waals surface area contributed by atoms with E-state index >= 15 is 0 Å². The lowest BCUT2D eigenvalue weighted by atomic mass is 10.1. The fourth-order valence-corrected chi connectivity index (χ4v) is 2.14. The van der Waals surface area contributed by atoms with Crippen LogP contribution in [0.4, 0.5) is 25.0 Å². The van der Waals surface area contributed by atoms with Crippen LogP contribution in [-0.2, 0) is 0 Å². The van der Waals surface area contributed by atoms with Crippen molar-refractivity contribution in [2.75, 3.05) is 30.8 Å². The first kappa shape index (κ1) is 19.1. The van der Waals surface area contributed by atoms with E-state index in [9.17, 15) is 18.4 Å². The number of rotatable bonds is 6. The molecule has 3 amide bonds. The third-order valence-corrected chi connectivity index (χ3v) is 3.27. The average Bonchev–Trinajstić information content (AvgIpc) is 2.58. The molecule has 0 atom stereocenters. The lowest BCUT2D eigenvalue weighted by Gasteiger charge is -2.13. The van der Waals surface area contributed by atoms with Gasteiger partial charge >= 0.3 is 6.03 Å². The first-order valence-electron chi connectivity index (χ1n) is 7.63. The molecule has 2 rings (SSSR count). The van der Waals surface area contributed by atoms with E-state index in [0.717, 1.165) is 12.1 Å². The standard InChI is InChI=1S/C17H18F2N4O3/c1-26-13-2-3-14(16(24)21-5-4-20)15(9-13)23-17(25)22-12-7-10(18)6-11(19)8-12/h2-3,6-9H,4-5,20H2,1H3,(H,21,24)(H2,22,23,25). The third-order valence-electron chi connectivity index (χ3n) is 3.27. The second-order valence-electron chi connectivity index (χ2n) is 5.19. The molecule has 0 aliphatic rings. The quantitative estimate of drug-likeness (QED) is 0.631. The fraction of sp³-hybridized carbons (Fsp3) is 0.176. The normalized spacial score (nSPS) is 10.2. The molecule has 0 radical (unpaired) electrons. The molecule has 0 aliphatic carbocycles. The maximum atomic E-state index is 13.2. The molecule has 138 valence electrons. The predicted molar refractivity (Wildman–Crippen MR) is 93.4 cm³/mol. The number of hydrogen-bond donors (Lipinski definition) is 4. The summed E-state index contributed by atoms with van der Waals surface area (Å²) in [6, 6.07) is 6.31. The van der Waals surface area contributed by atoms with Crippen LogP contribution in [0.5, 0.6) is 5.75 Å². The highest BCUT2D eigenvalue weighted by Gasteiger charge is 2.15. The highest BCUT2D eigenvalue weighted by molar-refractivity contribution is 6.06. The van der Waals surface area contributed by atoms with Crippen molar-refractivity contribution < 1.29 is 23.1 Å². The molecule has 2 aromatic carbocycles. The molecule has 0 spiro atoms. The molecular formula is C17H18F2N4O3. The highest BCUT2D eigenvalue weighted by atomic mass is 19.1. The van der Waals surface area contributed by atoms with Gasteiger partial charge in [-0.3, -0.25) is 4.79 Å². The number of benzene rings is 2. The van der Waals surface area contributed by atoms with E-state index in [1.54, 1.807) is 6.07 Å². The van der Waals surface area contributed by atoms with Crippen LogP contribution >= 0.6 is 0 Å². The van der Waals surface area contributed by atoms with Crippen LogP contribution in [0.1, 0.15) is 10.4 Å². The van der Waals surface area contributed by atoms with Crippen LogP contribution in [0.15, 0.2) is 36.4 Å². The molecule has 0 bridgehead atoms. The van der Waals surface area contributed by atoms with Gasteiger partial charge in [0.05, 0.1) is 18.4 Å². The second kappa shape index (κ2) is 8.77. The van der Waals surface area contributed by atoms with Gasteiger partial charge in [-0.25, -0.2) is 13.6 Å². The molecular weight excluding hydrogens is 346 g/mol. The van der Waals surface area contributed by atoms with E-state index in [-0.39, 0.29) is 30.0 Å². The Hall–Kier alpha value is -3.20. The van der Waals surface area contributed by atoms with Crippen LogP contribution in [-0.4, -0.2) is 32.1 Å². The molecule has 7 nitrogen and oxygen atoms in total. The Bertz CT molecular complexity index is 794. The molecule has 2 aromatic rings. The van der Waals surface area contributed by atoms with Gasteiger partial charge in [0.2, 0.25) is 0 Å². The number of amides is 3. The average molecular weight is 364 g/mol. The molecule has 0 unspecified atom stereocenters. The topological polar surface area (TPSA) is 105 Å². The number of nitrogens with two attached hydrogens (primary N) is 1. The number of anilines is 2. The van der Waals surface area contributed by atoms with Crippen LogP contribution < -0.4 is 26.4 Å². The van der Waals surface area contributed by atoms with Gasteiger partial charge in [0.15, 0.2) is 0 Å². The SMILES string of the molecule is COc1ccc(C(=O)NCCN)c(NC(=O)Nc2cc(F)cc(F)c2)c1. The Morgan fingerprint density at radius 1 is 1.08 bits per heavy atom. The van der Waals surface area contributed by atoms with E-state index in [1.807, 2.05) is 0 Å². The highest BCUT2D eigenvalue weighted by Crippen LogP contribution is 2.23. The maximum Gasteiger partial charge on any atom is 0.323 e. The van der Waals surface area contributed by atoms with Gasteiger partial charge in [0, 0.05) is 30.9 Å². The van der Waals surface area contributed by atoms with Crippen molar-refractivity contribution in [1.29, 1.82) is 0 Å². The van der Waals surface area contributed by atoms with Crippen molar-refractivity contribution in [1.82, 2.24) is 5.32 Å². The summed E-state index contributed by atoms with van der Waals surface area (Å²) >= 11 is 0. The molecule has 9 heteroatoms. The van der Waals surface area contributed by atoms with Crippen LogP contribution in [0.3, 0.4) is 0 Å². The molecule has 0 heterocycles. The van der Waals surface area contributed by atoms with Crippen molar-refractivity contribution in [2.45, 2.75) is 0 Å². The van der Waals surface area contributed by atoms with Crippen LogP contribution in [0.25, 0.3) is 0 Å². The molecule has 5 N–H and O–H groups in total. The summed E-state index contributed by atoms with van der Waals surface area (Å²) in [5.74, 6) is -1.69. The number of hydrogen-bond acceptors (Lipinski definition) is 4. The number of urea groups is 1. The van der Waals surface area contributed by atoms with Gasteiger partial charge in [-0.2, -0.15) is 0 Å². The summed E-state index contributed by atoms with van der Waals surface area (Å²) < 4.78 is 31.5. The van der Waals surface area contributed by atoms with E-state index in [0.29, 0.717) is 11.8 Å². The van der Waals surface area contributed by atoms with E-state index < -0.39 is 23.6 Å². The number of halogens is 2. The molecule has 0 aliphatic heterocycles. The summed E-state index contributed by atoms with van der Waals surface area (Å²) in [6.07, 6.45) is 0. The molecule has 26 heavy (non-hydrogen) atoms. The van der Waals surface area contributed by atoms with Crippen molar-refractivity contribution in [3.8, 4) is 5.75 Å². The van der Waals surface area contributed by atoms with Crippen molar-refractivity contribution in [3.63, 3.8) is 0 Å². The zero-order chi connectivity index (χ0) is 19.1. The summed E-state index contributed by atoms with van der Waals surface area (Å²) in [5, 5.41) is 7.35. The van der Waals surface area contributed by atoms with Gasteiger partial charge in [-0.05, 0) is 24.3 Å². The van der Waals surface area contributed by atoms with Gasteiger partial charge < -0.3 is 26.4 Å². The summed E-state index contributed by atoms with van der Waals surface area (Å²) in [4.78, 5) is 24.3. The van der Waals surface area contributed by atoms with Crippen molar-refractivity contribution in [2.24, 2.45) is 5.73 Å². The molecule has 0 saturated heterocycles. The minimum absolute atomic E-state index is 0.0722. The Kier molecular flexibility index (Phi) is 6.45. The summed E-state index contributed by atoms with van der Waals surface area (Å²) in [5.41, 5.74) is 5.62. The van der Waals surface area contributed by atoms with Crippen molar-refractivity contribution >= 4 is 23.3 Å². The Morgan fingerprint density at radius 2 is 1.77 bits per heavy atom. The van der Waals surface area contributed by atoms with Gasteiger partial charge in [0.1, 0.15) is 17.4 Å². The largest absolute Gasteiger partial charge is 0.497 e. The molecule has 0 saturated carbocycles. The fourth-order valence-electron chi connectivity index (χ4n) is 2.14. The minimum Gasteiger partial charge on any atom is -0.497 e. The van der Waals surface area contributed by atoms with Gasteiger partial charge in [-0.15, -0.1) is 0 Å². The molecule has 0 aromatic heterocycles. The Morgan fingerprint density at radius 3 is 2.38 bits per heavy atom. The zero-order valence-corrected chi connectivity index (χ0v) is 13.9. The predicted octanol–water partition coefficient (Wildman–Crippen LogP) is 2.31. The lowest BCUT2D eigenvalue weighted by Crippen LogP contribution is -2.30. The van der Waals surface area contributed by atoms with E-state index in [4.69, 9.17) is 10.5 Å².